The Balaban J connectivity index is 1.63. The normalized spacial score (nSPS) is 15.0. The fourth-order valence-corrected chi connectivity index (χ4v) is 3.03. The summed E-state index contributed by atoms with van der Waals surface area (Å²) >= 11 is 0. The fourth-order valence-electron chi connectivity index (χ4n) is 3.03. The number of carbonyl (C=O) groups is 1. The standard InChI is InChI=1S/C24H19NO2/c1-16-8-9-17(2)21(14-16)15-22-24(26)27-23(25-22)20-12-10-19(11-13-20)18-6-4-3-5-7-18/h3-15H,1-2H3/b22-15-. The third-order valence-corrected chi connectivity index (χ3v) is 4.59. The summed E-state index contributed by atoms with van der Waals surface area (Å²) in [4.78, 5) is 16.7. The van der Waals surface area contributed by atoms with Crippen LogP contribution in [0, 0.1) is 13.8 Å². The first-order valence-corrected chi connectivity index (χ1v) is 8.86. The first-order valence-electron chi connectivity index (χ1n) is 8.86. The molecule has 0 spiro atoms. The highest BCUT2D eigenvalue weighted by Gasteiger charge is 2.24. The molecule has 0 fully saturated rings. The number of cyclic esters (lactones) is 1. The molecule has 0 amide bonds. The lowest BCUT2D eigenvalue weighted by atomic mass is 10.0. The van der Waals surface area contributed by atoms with E-state index >= 15 is 0 Å². The van der Waals surface area contributed by atoms with Crippen LogP contribution >= 0.6 is 0 Å². The minimum Gasteiger partial charge on any atom is -0.402 e. The summed E-state index contributed by atoms with van der Waals surface area (Å²) in [6, 6.07) is 24.1. The van der Waals surface area contributed by atoms with Crippen LogP contribution < -0.4 is 0 Å². The lowest BCUT2D eigenvalue weighted by Crippen LogP contribution is -2.05. The maximum absolute atomic E-state index is 12.2. The Hall–Kier alpha value is -3.46. The topological polar surface area (TPSA) is 38.7 Å². The molecular weight excluding hydrogens is 334 g/mol. The van der Waals surface area contributed by atoms with E-state index < -0.39 is 5.97 Å². The van der Waals surface area contributed by atoms with Crippen molar-refractivity contribution in [1.29, 1.82) is 0 Å². The smallest absolute Gasteiger partial charge is 0.363 e. The summed E-state index contributed by atoms with van der Waals surface area (Å²) in [6.45, 7) is 4.04. The molecule has 4 rings (SSSR count). The second kappa shape index (κ2) is 7.04. The van der Waals surface area contributed by atoms with Crippen molar-refractivity contribution in [2.24, 2.45) is 4.99 Å². The average molecular weight is 353 g/mol. The van der Waals surface area contributed by atoms with Gasteiger partial charge in [0.15, 0.2) is 5.70 Å². The molecule has 1 heterocycles. The number of nitrogens with zero attached hydrogens (tertiary/aromatic N) is 1. The number of hydrogen-bond donors (Lipinski definition) is 0. The summed E-state index contributed by atoms with van der Waals surface area (Å²) in [5.74, 6) is -0.0748. The average Bonchev–Trinajstić information content (AvgIpc) is 3.06. The maximum atomic E-state index is 12.2. The Labute approximate surface area is 158 Å². The third-order valence-electron chi connectivity index (χ3n) is 4.59. The van der Waals surface area contributed by atoms with E-state index in [1.54, 1.807) is 6.08 Å². The van der Waals surface area contributed by atoms with Gasteiger partial charge >= 0.3 is 5.97 Å². The van der Waals surface area contributed by atoms with Crippen molar-refractivity contribution in [1.82, 2.24) is 0 Å². The van der Waals surface area contributed by atoms with Crippen molar-refractivity contribution in [2.45, 2.75) is 13.8 Å². The molecule has 0 bridgehead atoms. The van der Waals surface area contributed by atoms with E-state index in [4.69, 9.17) is 4.74 Å². The van der Waals surface area contributed by atoms with Crippen LogP contribution in [0.1, 0.15) is 22.3 Å². The van der Waals surface area contributed by atoms with Crippen LogP contribution in [0.2, 0.25) is 0 Å². The molecule has 0 unspecified atom stereocenters. The Kier molecular flexibility index (Phi) is 4.43. The molecule has 0 N–H and O–H groups in total. The van der Waals surface area contributed by atoms with Crippen LogP contribution in [-0.2, 0) is 9.53 Å². The van der Waals surface area contributed by atoms with Crippen LogP contribution in [0.5, 0.6) is 0 Å². The van der Waals surface area contributed by atoms with E-state index in [0.29, 0.717) is 11.6 Å². The molecule has 1 aliphatic rings. The lowest BCUT2D eigenvalue weighted by molar-refractivity contribution is -0.129. The molecule has 0 radical (unpaired) electrons. The minimum atomic E-state index is -0.418. The zero-order valence-electron chi connectivity index (χ0n) is 15.3. The van der Waals surface area contributed by atoms with E-state index in [2.05, 4.69) is 17.1 Å². The van der Waals surface area contributed by atoms with Gasteiger partial charge in [-0.05, 0) is 54.3 Å². The number of ether oxygens (including phenoxy) is 1. The summed E-state index contributed by atoms with van der Waals surface area (Å²) in [5, 5.41) is 0. The van der Waals surface area contributed by atoms with Gasteiger partial charge in [-0.25, -0.2) is 9.79 Å². The highest BCUT2D eigenvalue weighted by Crippen LogP contribution is 2.24. The van der Waals surface area contributed by atoms with Gasteiger partial charge in [0.05, 0.1) is 0 Å². The molecule has 27 heavy (non-hydrogen) atoms. The maximum Gasteiger partial charge on any atom is 0.363 e. The SMILES string of the molecule is Cc1ccc(C)c(/C=C2\N=C(c3ccc(-c4ccccc4)cc3)OC2=O)c1. The van der Waals surface area contributed by atoms with Crippen LogP contribution in [0.15, 0.2) is 83.5 Å². The minimum absolute atomic E-state index is 0.325. The van der Waals surface area contributed by atoms with Crippen molar-refractivity contribution in [3.63, 3.8) is 0 Å². The first kappa shape index (κ1) is 17.0. The van der Waals surface area contributed by atoms with E-state index in [9.17, 15) is 4.79 Å². The number of hydrogen-bond acceptors (Lipinski definition) is 3. The number of esters is 1. The molecule has 0 saturated heterocycles. The van der Waals surface area contributed by atoms with Gasteiger partial charge in [-0.15, -0.1) is 0 Å². The molecule has 0 saturated carbocycles. The molecule has 3 aromatic rings. The van der Waals surface area contributed by atoms with Crippen LogP contribution in [-0.4, -0.2) is 11.9 Å². The molecule has 132 valence electrons. The Morgan fingerprint density at radius 3 is 2.22 bits per heavy atom. The summed E-state index contributed by atoms with van der Waals surface area (Å²) < 4.78 is 5.39. The fraction of sp³-hybridized carbons (Fsp3) is 0.0833. The molecule has 0 aromatic heterocycles. The molecular formula is C24H19NO2. The largest absolute Gasteiger partial charge is 0.402 e. The molecule has 3 aromatic carbocycles. The van der Waals surface area contributed by atoms with Gasteiger partial charge in [0.1, 0.15) is 0 Å². The van der Waals surface area contributed by atoms with E-state index in [1.165, 1.54) is 0 Å². The van der Waals surface area contributed by atoms with Gasteiger partial charge in [-0.1, -0.05) is 66.2 Å². The van der Waals surface area contributed by atoms with E-state index in [0.717, 1.165) is 33.4 Å². The monoisotopic (exact) mass is 353 g/mol. The van der Waals surface area contributed by atoms with Crippen molar-refractivity contribution in [3.05, 3.63) is 101 Å². The number of benzene rings is 3. The Morgan fingerprint density at radius 2 is 1.48 bits per heavy atom. The quantitative estimate of drug-likeness (QED) is 0.472. The highest BCUT2D eigenvalue weighted by molar-refractivity contribution is 6.13. The Morgan fingerprint density at radius 1 is 0.815 bits per heavy atom. The van der Waals surface area contributed by atoms with Gasteiger partial charge in [0.2, 0.25) is 5.90 Å². The third kappa shape index (κ3) is 3.58. The Bertz CT molecular complexity index is 1060. The van der Waals surface area contributed by atoms with E-state index in [-0.39, 0.29) is 0 Å². The number of aryl methyl sites for hydroxylation is 2. The molecule has 3 nitrogen and oxygen atoms in total. The second-order valence-corrected chi connectivity index (χ2v) is 6.64. The predicted octanol–water partition coefficient (Wildman–Crippen LogP) is 5.31. The molecule has 0 atom stereocenters. The summed E-state index contributed by atoms with van der Waals surface area (Å²) in [6.07, 6.45) is 1.79. The van der Waals surface area contributed by atoms with Gasteiger partial charge in [0, 0.05) is 5.56 Å². The molecule has 1 aliphatic heterocycles. The van der Waals surface area contributed by atoms with Crippen LogP contribution in [0.4, 0.5) is 0 Å². The second-order valence-electron chi connectivity index (χ2n) is 6.64. The van der Waals surface area contributed by atoms with Crippen molar-refractivity contribution >= 4 is 17.9 Å². The molecule has 3 heteroatoms. The van der Waals surface area contributed by atoms with Crippen LogP contribution in [0.3, 0.4) is 0 Å². The van der Waals surface area contributed by atoms with Gasteiger partial charge < -0.3 is 4.74 Å². The van der Waals surface area contributed by atoms with Crippen LogP contribution in [0.25, 0.3) is 17.2 Å². The van der Waals surface area contributed by atoms with Gasteiger partial charge in [-0.2, -0.15) is 0 Å². The number of aliphatic imine (C=N–C) groups is 1. The zero-order chi connectivity index (χ0) is 18.8. The van der Waals surface area contributed by atoms with E-state index in [1.807, 2.05) is 74.5 Å². The van der Waals surface area contributed by atoms with Crippen molar-refractivity contribution in [3.8, 4) is 11.1 Å². The summed E-state index contributed by atoms with van der Waals surface area (Å²) in [5.41, 5.74) is 6.57. The number of carbonyl (C=O) groups excluding carboxylic acids is 1. The van der Waals surface area contributed by atoms with Gasteiger partial charge in [0.25, 0.3) is 0 Å². The van der Waals surface area contributed by atoms with Gasteiger partial charge in [-0.3, -0.25) is 0 Å². The lowest BCUT2D eigenvalue weighted by Gasteiger charge is -2.03. The number of rotatable bonds is 3. The predicted molar refractivity (Wildman–Crippen MR) is 108 cm³/mol. The van der Waals surface area contributed by atoms with Crippen molar-refractivity contribution < 1.29 is 9.53 Å². The summed E-state index contributed by atoms with van der Waals surface area (Å²) in [7, 11) is 0. The first-order chi connectivity index (χ1) is 13.1. The highest BCUT2D eigenvalue weighted by atomic mass is 16.6. The molecule has 0 aliphatic carbocycles. The van der Waals surface area contributed by atoms with Crippen molar-refractivity contribution in [2.75, 3.05) is 0 Å². The zero-order valence-corrected chi connectivity index (χ0v) is 15.3.